The highest BCUT2D eigenvalue weighted by molar-refractivity contribution is 6.18. The molecule has 8 heteroatoms. The Morgan fingerprint density at radius 1 is 1.25 bits per heavy atom. The number of carboxylic acid groups (broad SMARTS) is 1. The molecule has 0 saturated carbocycles. The van der Waals surface area contributed by atoms with Crippen LogP contribution in [-0.4, -0.2) is 64.6 Å². The Balaban J connectivity index is 1.92. The molecule has 0 aromatic heterocycles. The number of rotatable bonds is 2. The Morgan fingerprint density at radius 3 is 2.56 bits per heavy atom. The molecule has 3 aliphatic heterocycles. The molecule has 0 unspecified atom stereocenters. The summed E-state index contributed by atoms with van der Waals surface area (Å²) in [5.41, 5.74) is -2.87. The summed E-state index contributed by atoms with van der Waals surface area (Å²) in [4.78, 5) is 38.7. The number of esters is 1. The van der Waals surface area contributed by atoms with Gasteiger partial charge in [0.05, 0.1) is 12.2 Å². The standard InChI is InChI=1S/C24H32O8/c1-11-7-6-8-15-9-16(20(27)28)12(2)10-23(15)21-24(30-5,22(29)32-23)19(26)14(4)18(31-21)13(3)17(11)25/h9,11-13,15,17-18,21,25H,4,6-8,10H2,1-3,5H3,(H,27,28)/t11-,12+,13-,15+,17+,18-,21+,23+,24-/m1/s1. The van der Waals surface area contributed by atoms with Crippen molar-refractivity contribution in [1.29, 1.82) is 0 Å². The van der Waals surface area contributed by atoms with Gasteiger partial charge in [0.15, 0.2) is 0 Å². The van der Waals surface area contributed by atoms with Gasteiger partial charge in [-0.2, -0.15) is 0 Å². The minimum Gasteiger partial charge on any atom is -0.478 e. The topological polar surface area (TPSA) is 119 Å². The van der Waals surface area contributed by atoms with Crippen molar-refractivity contribution < 1.29 is 38.8 Å². The summed E-state index contributed by atoms with van der Waals surface area (Å²) in [5.74, 6) is -3.80. The first-order valence-electron chi connectivity index (χ1n) is 11.3. The number of aliphatic carboxylic acids is 1. The fourth-order valence-corrected chi connectivity index (χ4v) is 6.31. The molecule has 0 amide bonds. The van der Waals surface area contributed by atoms with E-state index in [0.717, 1.165) is 0 Å². The molecule has 0 aromatic carbocycles. The molecule has 0 aromatic rings. The Hall–Kier alpha value is -2.03. The van der Waals surface area contributed by atoms with Gasteiger partial charge in [0.2, 0.25) is 5.78 Å². The summed E-state index contributed by atoms with van der Waals surface area (Å²) in [7, 11) is 1.28. The smallest absolute Gasteiger partial charge is 0.350 e. The second-order valence-electron chi connectivity index (χ2n) is 9.97. The predicted octanol–water partition coefficient (Wildman–Crippen LogP) is 2.04. The van der Waals surface area contributed by atoms with Crippen LogP contribution in [0.3, 0.4) is 0 Å². The molecule has 176 valence electrons. The number of ketones is 1. The van der Waals surface area contributed by atoms with Crippen molar-refractivity contribution in [2.75, 3.05) is 7.11 Å². The van der Waals surface area contributed by atoms with Gasteiger partial charge in [-0.3, -0.25) is 4.79 Å². The maximum atomic E-state index is 13.6. The molecule has 2 bridgehead atoms. The number of fused-ring (bicyclic) bond motifs is 1. The first-order valence-corrected chi connectivity index (χ1v) is 11.3. The largest absolute Gasteiger partial charge is 0.478 e. The van der Waals surface area contributed by atoms with Crippen molar-refractivity contribution >= 4 is 17.7 Å². The molecule has 1 aliphatic carbocycles. The number of methoxy groups -OCH3 is 1. The van der Waals surface area contributed by atoms with Crippen LogP contribution in [0.4, 0.5) is 0 Å². The lowest BCUT2D eigenvalue weighted by Gasteiger charge is -2.49. The molecule has 3 saturated heterocycles. The zero-order valence-electron chi connectivity index (χ0n) is 19.0. The number of hydrogen-bond acceptors (Lipinski definition) is 7. The van der Waals surface area contributed by atoms with Gasteiger partial charge in [-0.25, -0.2) is 9.59 Å². The van der Waals surface area contributed by atoms with Gasteiger partial charge in [0.1, 0.15) is 11.7 Å². The molecular formula is C24H32O8. The van der Waals surface area contributed by atoms with Crippen molar-refractivity contribution in [3.05, 3.63) is 23.8 Å². The number of Topliss-reactive ketones (excluding diaryl/α,β-unsaturated/α-hetero) is 1. The number of carboxylic acids is 1. The third-order valence-electron chi connectivity index (χ3n) is 8.16. The third kappa shape index (κ3) is 2.96. The van der Waals surface area contributed by atoms with E-state index < -0.39 is 65.0 Å². The predicted molar refractivity (Wildman–Crippen MR) is 113 cm³/mol. The monoisotopic (exact) mass is 448 g/mol. The minimum absolute atomic E-state index is 0.0625. The molecule has 32 heavy (non-hydrogen) atoms. The second kappa shape index (κ2) is 7.78. The maximum absolute atomic E-state index is 13.6. The van der Waals surface area contributed by atoms with Crippen LogP contribution in [-0.2, 0) is 28.6 Å². The highest BCUT2D eigenvalue weighted by Crippen LogP contribution is 2.56. The fourth-order valence-electron chi connectivity index (χ4n) is 6.31. The quantitative estimate of drug-likeness (QED) is 0.374. The Labute approximate surface area is 187 Å². The molecule has 1 spiro atoms. The second-order valence-corrected chi connectivity index (χ2v) is 9.97. The number of carbonyl (C=O) groups excluding carboxylic acids is 2. The fraction of sp³-hybridized carbons (Fsp3) is 0.708. The summed E-state index contributed by atoms with van der Waals surface area (Å²) in [6, 6.07) is 0. The van der Waals surface area contributed by atoms with Crippen molar-refractivity contribution in [3.8, 4) is 0 Å². The van der Waals surface area contributed by atoms with E-state index in [0.29, 0.717) is 19.3 Å². The van der Waals surface area contributed by atoms with Crippen molar-refractivity contribution in [3.63, 3.8) is 0 Å². The van der Waals surface area contributed by atoms with Crippen molar-refractivity contribution in [2.45, 2.75) is 76.0 Å². The molecule has 3 fully saturated rings. The van der Waals surface area contributed by atoms with Crippen LogP contribution < -0.4 is 0 Å². The van der Waals surface area contributed by atoms with Gasteiger partial charge < -0.3 is 24.4 Å². The Kier molecular flexibility index (Phi) is 5.63. The van der Waals surface area contributed by atoms with Crippen LogP contribution in [0.1, 0.15) is 46.5 Å². The molecular weight excluding hydrogens is 416 g/mol. The lowest BCUT2D eigenvalue weighted by molar-refractivity contribution is -0.200. The molecule has 0 radical (unpaired) electrons. The molecule has 2 N–H and O–H groups in total. The number of hydrogen-bond donors (Lipinski definition) is 2. The van der Waals surface area contributed by atoms with E-state index in [4.69, 9.17) is 14.2 Å². The maximum Gasteiger partial charge on any atom is 0.350 e. The number of aliphatic hydroxyl groups is 1. The van der Waals surface area contributed by atoms with E-state index in [9.17, 15) is 24.6 Å². The average molecular weight is 449 g/mol. The molecule has 9 atom stereocenters. The van der Waals surface area contributed by atoms with Gasteiger partial charge in [-0.05, 0) is 31.1 Å². The van der Waals surface area contributed by atoms with E-state index in [2.05, 4.69) is 6.58 Å². The highest BCUT2D eigenvalue weighted by atomic mass is 16.7. The SMILES string of the molecule is C=C1C(=O)[C@]2(OC)C(=O)O[C@@]34C[C@H](C)C(C(=O)O)=C[C@@H]3CCC[C@@H](C)[C@H](O)[C@@H](C)[C@H]1O[C@H]24. The number of ether oxygens (including phenoxy) is 3. The van der Waals surface area contributed by atoms with Crippen molar-refractivity contribution in [2.24, 2.45) is 23.7 Å². The van der Waals surface area contributed by atoms with Crippen LogP contribution in [0, 0.1) is 23.7 Å². The first kappa shape index (κ1) is 23.1. The molecule has 4 aliphatic rings. The van der Waals surface area contributed by atoms with Crippen molar-refractivity contribution in [1.82, 2.24) is 0 Å². The summed E-state index contributed by atoms with van der Waals surface area (Å²) in [6.07, 6.45) is 1.18. The van der Waals surface area contributed by atoms with E-state index in [1.807, 2.05) is 13.8 Å². The zero-order valence-corrected chi connectivity index (χ0v) is 19.0. The first-order chi connectivity index (χ1) is 15.0. The highest BCUT2D eigenvalue weighted by Gasteiger charge is 2.75. The summed E-state index contributed by atoms with van der Waals surface area (Å²) < 4.78 is 18.0. The van der Waals surface area contributed by atoms with Crippen LogP contribution in [0.2, 0.25) is 0 Å². The average Bonchev–Trinajstić information content (AvgIpc) is 2.98. The summed E-state index contributed by atoms with van der Waals surface area (Å²) >= 11 is 0. The number of aliphatic hydroxyl groups excluding tert-OH is 1. The lowest BCUT2D eigenvalue weighted by atomic mass is 9.64. The molecule has 4 rings (SSSR count). The van der Waals surface area contributed by atoms with E-state index >= 15 is 0 Å². The molecule has 8 nitrogen and oxygen atoms in total. The molecule has 3 heterocycles. The number of carbonyl (C=O) groups is 3. The summed E-state index contributed by atoms with van der Waals surface area (Å²) in [6.45, 7) is 9.44. The Morgan fingerprint density at radius 2 is 1.94 bits per heavy atom. The van der Waals surface area contributed by atoms with Crippen LogP contribution >= 0.6 is 0 Å². The third-order valence-corrected chi connectivity index (χ3v) is 8.16. The van der Waals surface area contributed by atoms with Gasteiger partial charge in [-0.15, -0.1) is 0 Å². The van der Waals surface area contributed by atoms with Gasteiger partial charge in [0, 0.05) is 30.1 Å². The lowest BCUT2D eigenvalue weighted by Crippen LogP contribution is -2.66. The normalized spacial score (nSPS) is 46.6. The van der Waals surface area contributed by atoms with Gasteiger partial charge in [0.25, 0.3) is 5.60 Å². The van der Waals surface area contributed by atoms with E-state index in [-0.39, 0.29) is 23.5 Å². The minimum atomic E-state index is -1.98. The van der Waals surface area contributed by atoms with E-state index in [1.165, 1.54) is 7.11 Å². The summed E-state index contributed by atoms with van der Waals surface area (Å²) in [5, 5.41) is 20.7. The van der Waals surface area contributed by atoms with Gasteiger partial charge >= 0.3 is 11.9 Å². The zero-order chi connectivity index (χ0) is 23.6. The Bertz CT molecular complexity index is 892. The van der Waals surface area contributed by atoms with Crippen LogP contribution in [0.5, 0.6) is 0 Å². The van der Waals surface area contributed by atoms with E-state index in [1.54, 1.807) is 13.0 Å². The van der Waals surface area contributed by atoms with Gasteiger partial charge in [-0.1, -0.05) is 39.8 Å². The van der Waals surface area contributed by atoms with Crippen LogP contribution in [0.25, 0.3) is 0 Å². The van der Waals surface area contributed by atoms with Crippen LogP contribution in [0.15, 0.2) is 23.8 Å².